The molecule has 1 aromatic heterocycles. The van der Waals surface area contributed by atoms with Crippen molar-refractivity contribution in [1.82, 2.24) is 9.88 Å². The number of rotatable bonds is 4. The summed E-state index contributed by atoms with van der Waals surface area (Å²) in [6.07, 6.45) is 1.55. The van der Waals surface area contributed by atoms with Crippen LogP contribution in [-0.2, 0) is 0 Å². The number of nitrogens with zero attached hydrogens (tertiary/aromatic N) is 3. The monoisotopic (exact) mass is 219 g/mol. The highest BCUT2D eigenvalue weighted by atomic mass is 16.5. The lowest BCUT2D eigenvalue weighted by Crippen LogP contribution is -2.31. The molecule has 1 heterocycles. The Hall–Kier alpha value is -2.09. The zero-order valence-corrected chi connectivity index (χ0v) is 9.30. The van der Waals surface area contributed by atoms with Crippen LogP contribution in [0.4, 0.5) is 0 Å². The van der Waals surface area contributed by atoms with Gasteiger partial charge in [0.05, 0.1) is 13.2 Å². The molecule has 16 heavy (non-hydrogen) atoms. The smallest absolute Gasteiger partial charge is 0.260 e. The number of nitriles is 1. The van der Waals surface area contributed by atoms with E-state index in [1.807, 2.05) is 13.0 Å². The first-order chi connectivity index (χ1) is 7.74. The third-order valence-electron chi connectivity index (χ3n) is 2.13. The summed E-state index contributed by atoms with van der Waals surface area (Å²) in [7, 11) is 1.46. The van der Waals surface area contributed by atoms with E-state index in [0.717, 1.165) is 0 Å². The Morgan fingerprint density at radius 1 is 1.69 bits per heavy atom. The maximum Gasteiger partial charge on any atom is 0.260 e. The van der Waals surface area contributed by atoms with Crippen LogP contribution in [0.5, 0.6) is 5.88 Å². The molecular formula is C11H13N3O2. The topological polar surface area (TPSA) is 66.2 Å². The van der Waals surface area contributed by atoms with Crippen molar-refractivity contribution >= 4 is 5.91 Å². The average Bonchev–Trinajstić information content (AvgIpc) is 2.35. The fourth-order valence-corrected chi connectivity index (χ4v) is 1.30. The first-order valence-electron chi connectivity index (χ1n) is 4.89. The van der Waals surface area contributed by atoms with Crippen molar-refractivity contribution in [3.05, 3.63) is 23.9 Å². The maximum atomic E-state index is 12.0. The molecule has 0 bridgehead atoms. The lowest BCUT2D eigenvalue weighted by atomic mass is 10.2. The molecule has 0 aliphatic carbocycles. The summed E-state index contributed by atoms with van der Waals surface area (Å²) in [5.41, 5.74) is 0.377. The van der Waals surface area contributed by atoms with Gasteiger partial charge in [0.25, 0.3) is 5.91 Å². The minimum Gasteiger partial charge on any atom is -0.480 e. The van der Waals surface area contributed by atoms with E-state index < -0.39 is 0 Å². The summed E-state index contributed by atoms with van der Waals surface area (Å²) in [5.74, 6) is 0.0397. The second-order valence-corrected chi connectivity index (χ2v) is 3.04. The molecule has 1 aromatic rings. The van der Waals surface area contributed by atoms with Gasteiger partial charge in [-0.3, -0.25) is 4.79 Å². The zero-order chi connectivity index (χ0) is 12.0. The minimum atomic E-state index is -0.242. The van der Waals surface area contributed by atoms with Crippen molar-refractivity contribution in [1.29, 1.82) is 5.26 Å². The minimum absolute atomic E-state index is 0.0629. The van der Waals surface area contributed by atoms with E-state index in [9.17, 15) is 4.79 Å². The Balaban J connectivity index is 2.99. The second kappa shape index (κ2) is 5.71. The Kier molecular flexibility index (Phi) is 4.28. The van der Waals surface area contributed by atoms with Crippen molar-refractivity contribution in [2.75, 3.05) is 20.2 Å². The van der Waals surface area contributed by atoms with E-state index in [2.05, 4.69) is 4.98 Å². The first kappa shape index (κ1) is 12.0. The van der Waals surface area contributed by atoms with E-state index in [1.165, 1.54) is 12.0 Å². The fraction of sp³-hybridized carbons (Fsp3) is 0.364. The Morgan fingerprint density at radius 3 is 3.00 bits per heavy atom. The van der Waals surface area contributed by atoms with Crippen molar-refractivity contribution < 1.29 is 9.53 Å². The number of ether oxygens (including phenoxy) is 1. The Morgan fingerprint density at radius 2 is 2.44 bits per heavy atom. The molecule has 0 aromatic carbocycles. The molecule has 0 N–H and O–H groups in total. The number of hydrogen-bond acceptors (Lipinski definition) is 4. The molecule has 1 amide bonds. The summed E-state index contributed by atoms with van der Waals surface area (Å²) in [6, 6.07) is 5.25. The van der Waals surface area contributed by atoms with Gasteiger partial charge < -0.3 is 9.64 Å². The lowest BCUT2D eigenvalue weighted by molar-refractivity contribution is 0.0780. The van der Waals surface area contributed by atoms with E-state index in [0.29, 0.717) is 12.1 Å². The molecule has 0 atom stereocenters. The van der Waals surface area contributed by atoms with Crippen LogP contribution in [0.3, 0.4) is 0 Å². The first-order valence-corrected chi connectivity index (χ1v) is 4.89. The number of amides is 1. The standard InChI is InChI=1S/C11H13N3O2/c1-3-14(8-6-12)11(15)9-5-4-7-13-10(9)16-2/h4-5,7H,3,8H2,1-2H3. The van der Waals surface area contributed by atoms with Crippen molar-refractivity contribution in [2.45, 2.75) is 6.92 Å². The number of carbonyl (C=O) groups excluding carboxylic acids is 1. The van der Waals surface area contributed by atoms with E-state index >= 15 is 0 Å². The number of carbonyl (C=O) groups is 1. The van der Waals surface area contributed by atoms with Gasteiger partial charge in [-0.25, -0.2) is 4.98 Å². The predicted molar refractivity (Wildman–Crippen MR) is 58.0 cm³/mol. The largest absolute Gasteiger partial charge is 0.480 e. The van der Waals surface area contributed by atoms with E-state index in [1.54, 1.807) is 18.3 Å². The molecule has 0 aliphatic heterocycles. The third kappa shape index (κ3) is 2.48. The van der Waals surface area contributed by atoms with Gasteiger partial charge in [0, 0.05) is 12.7 Å². The molecule has 0 aliphatic rings. The SMILES string of the molecule is CCN(CC#N)C(=O)c1cccnc1OC. The number of aromatic nitrogens is 1. The summed E-state index contributed by atoms with van der Waals surface area (Å²) in [6.45, 7) is 2.36. The molecule has 5 nitrogen and oxygen atoms in total. The quantitative estimate of drug-likeness (QED) is 0.710. The van der Waals surface area contributed by atoms with Crippen LogP contribution >= 0.6 is 0 Å². The molecule has 0 saturated heterocycles. The highest BCUT2D eigenvalue weighted by Crippen LogP contribution is 2.15. The van der Waals surface area contributed by atoms with Crippen molar-refractivity contribution in [2.24, 2.45) is 0 Å². The molecule has 0 saturated carbocycles. The fourth-order valence-electron chi connectivity index (χ4n) is 1.30. The molecule has 0 spiro atoms. The molecule has 5 heteroatoms. The number of pyridine rings is 1. The van der Waals surface area contributed by atoms with Gasteiger partial charge in [-0.15, -0.1) is 0 Å². The van der Waals surface area contributed by atoms with Crippen molar-refractivity contribution in [3.63, 3.8) is 0 Å². The highest BCUT2D eigenvalue weighted by molar-refractivity contribution is 5.96. The average molecular weight is 219 g/mol. The highest BCUT2D eigenvalue weighted by Gasteiger charge is 2.18. The summed E-state index contributed by atoms with van der Waals surface area (Å²) < 4.78 is 5.00. The Labute approximate surface area is 94.3 Å². The lowest BCUT2D eigenvalue weighted by Gasteiger charge is -2.17. The summed E-state index contributed by atoms with van der Waals surface area (Å²) in [4.78, 5) is 17.4. The van der Waals surface area contributed by atoms with E-state index in [4.69, 9.17) is 10.00 Å². The summed E-state index contributed by atoms with van der Waals surface area (Å²) >= 11 is 0. The second-order valence-electron chi connectivity index (χ2n) is 3.04. The van der Waals surface area contributed by atoms with Gasteiger partial charge in [-0.1, -0.05) is 0 Å². The molecule has 0 radical (unpaired) electrons. The zero-order valence-electron chi connectivity index (χ0n) is 9.30. The number of methoxy groups -OCH3 is 1. The van der Waals surface area contributed by atoms with Crippen LogP contribution in [0.1, 0.15) is 17.3 Å². The van der Waals surface area contributed by atoms with Gasteiger partial charge in [0.1, 0.15) is 12.1 Å². The van der Waals surface area contributed by atoms with Crippen LogP contribution in [0, 0.1) is 11.3 Å². The summed E-state index contributed by atoms with van der Waals surface area (Å²) in [5, 5.41) is 8.60. The van der Waals surface area contributed by atoms with Gasteiger partial charge >= 0.3 is 0 Å². The molecule has 1 rings (SSSR count). The van der Waals surface area contributed by atoms with Crippen LogP contribution in [0.2, 0.25) is 0 Å². The van der Waals surface area contributed by atoms with Crippen molar-refractivity contribution in [3.8, 4) is 11.9 Å². The maximum absolute atomic E-state index is 12.0. The van der Waals surface area contributed by atoms with E-state index in [-0.39, 0.29) is 18.3 Å². The number of hydrogen-bond donors (Lipinski definition) is 0. The van der Waals surface area contributed by atoms with Crippen LogP contribution in [0.25, 0.3) is 0 Å². The molecule has 0 fully saturated rings. The molecular weight excluding hydrogens is 206 g/mol. The predicted octanol–water partition coefficient (Wildman–Crippen LogP) is 1.08. The van der Waals surface area contributed by atoms with Gasteiger partial charge in [0.15, 0.2) is 0 Å². The van der Waals surface area contributed by atoms with Crippen LogP contribution in [-0.4, -0.2) is 36.0 Å². The third-order valence-corrected chi connectivity index (χ3v) is 2.13. The normalized spacial score (nSPS) is 9.31. The van der Waals surface area contributed by atoms with Gasteiger partial charge in [0.2, 0.25) is 5.88 Å². The molecule has 0 unspecified atom stereocenters. The van der Waals surface area contributed by atoms with Gasteiger partial charge in [-0.2, -0.15) is 5.26 Å². The van der Waals surface area contributed by atoms with Gasteiger partial charge in [-0.05, 0) is 19.1 Å². The molecule has 84 valence electrons. The van der Waals surface area contributed by atoms with Crippen LogP contribution < -0.4 is 4.74 Å². The Bertz CT molecular complexity index is 412. The van der Waals surface area contributed by atoms with Crippen LogP contribution in [0.15, 0.2) is 18.3 Å².